The lowest BCUT2D eigenvalue weighted by molar-refractivity contribution is 1.53. The summed E-state index contributed by atoms with van der Waals surface area (Å²) in [6, 6.07) is 0. The maximum Gasteiger partial charge on any atom is 0.0162 e. The largest absolute Gasteiger partial charge is 0.126 e. The number of allylic oxidation sites excluding steroid dienone is 1. The first-order chi connectivity index (χ1) is 2.91. The van der Waals surface area contributed by atoms with E-state index < -0.39 is 0 Å². The first-order valence-corrected chi connectivity index (χ1v) is 3.05. The fourth-order valence-corrected chi connectivity index (χ4v) is 0.500. The van der Waals surface area contributed by atoms with Crippen LogP contribution in [-0.2, 0) is 0 Å². The second-order valence-corrected chi connectivity index (χ2v) is 1.94. The van der Waals surface area contributed by atoms with Crippen LogP contribution in [0.25, 0.3) is 0 Å². The molecule has 0 rings (SSSR count). The molecule has 0 heterocycles. The van der Waals surface area contributed by atoms with Crippen LogP contribution in [0.3, 0.4) is 0 Å². The van der Waals surface area contributed by atoms with E-state index in [1.165, 1.54) is 0 Å². The van der Waals surface area contributed by atoms with Crippen molar-refractivity contribution >= 4 is 11.8 Å². The fourth-order valence-electron chi connectivity index (χ4n) is 0.167. The van der Waals surface area contributed by atoms with Crippen molar-refractivity contribution in [3.8, 4) is 0 Å². The summed E-state index contributed by atoms with van der Waals surface area (Å²) in [5, 5.41) is 2.99. The van der Waals surface area contributed by atoms with E-state index in [1.807, 2.05) is 13.0 Å². The maximum absolute atomic E-state index is 2.99. The SMILES string of the molecule is C/C=[C]/SCC. The molecule has 1 heteroatoms. The Morgan fingerprint density at radius 3 is 2.67 bits per heavy atom. The van der Waals surface area contributed by atoms with Gasteiger partial charge >= 0.3 is 0 Å². The summed E-state index contributed by atoms with van der Waals surface area (Å²) < 4.78 is 0. The molecular formula is C5H9S. The van der Waals surface area contributed by atoms with Crippen LogP contribution in [0.15, 0.2) is 6.08 Å². The normalized spacial score (nSPS) is 10.3. The highest BCUT2D eigenvalue weighted by atomic mass is 32.2. The first-order valence-electron chi connectivity index (χ1n) is 2.07. The smallest absolute Gasteiger partial charge is 0.0162 e. The third kappa shape index (κ3) is 4.09. The van der Waals surface area contributed by atoms with E-state index in [2.05, 4.69) is 12.3 Å². The van der Waals surface area contributed by atoms with Gasteiger partial charge in [0.1, 0.15) is 0 Å². The van der Waals surface area contributed by atoms with Crippen LogP contribution in [0.5, 0.6) is 0 Å². The molecule has 35 valence electrons. The second-order valence-electron chi connectivity index (χ2n) is 0.840. The van der Waals surface area contributed by atoms with Crippen LogP contribution in [-0.4, -0.2) is 5.75 Å². The van der Waals surface area contributed by atoms with E-state index >= 15 is 0 Å². The highest BCUT2D eigenvalue weighted by molar-refractivity contribution is 8.00. The van der Waals surface area contributed by atoms with Gasteiger partial charge in [-0.1, -0.05) is 13.0 Å². The monoisotopic (exact) mass is 101 g/mol. The van der Waals surface area contributed by atoms with E-state index in [0.29, 0.717) is 0 Å². The van der Waals surface area contributed by atoms with Crippen molar-refractivity contribution < 1.29 is 0 Å². The molecule has 0 aliphatic carbocycles. The van der Waals surface area contributed by atoms with Gasteiger partial charge in [0.15, 0.2) is 0 Å². The number of hydrogen-bond acceptors (Lipinski definition) is 1. The van der Waals surface area contributed by atoms with E-state index in [4.69, 9.17) is 0 Å². The van der Waals surface area contributed by atoms with Gasteiger partial charge in [-0.05, 0) is 12.7 Å². The van der Waals surface area contributed by atoms with Gasteiger partial charge in [-0.2, -0.15) is 0 Å². The van der Waals surface area contributed by atoms with Crippen molar-refractivity contribution in [2.75, 3.05) is 5.75 Å². The molecule has 0 aromatic rings. The minimum Gasteiger partial charge on any atom is -0.126 e. The molecule has 0 nitrogen and oxygen atoms in total. The van der Waals surface area contributed by atoms with Gasteiger partial charge in [0.25, 0.3) is 0 Å². The summed E-state index contributed by atoms with van der Waals surface area (Å²) in [6.07, 6.45) is 1.92. The Morgan fingerprint density at radius 2 is 2.50 bits per heavy atom. The third-order valence-electron chi connectivity index (χ3n) is 0.346. The van der Waals surface area contributed by atoms with Crippen LogP contribution in [0.4, 0.5) is 0 Å². The summed E-state index contributed by atoms with van der Waals surface area (Å²) in [5.41, 5.74) is 0. The molecule has 1 radical (unpaired) electrons. The summed E-state index contributed by atoms with van der Waals surface area (Å²) in [6.45, 7) is 4.09. The zero-order chi connectivity index (χ0) is 4.83. The molecule has 0 saturated carbocycles. The Morgan fingerprint density at radius 1 is 1.83 bits per heavy atom. The van der Waals surface area contributed by atoms with Crippen molar-refractivity contribution in [1.82, 2.24) is 0 Å². The molecule has 0 unspecified atom stereocenters. The zero-order valence-corrected chi connectivity index (χ0v) is 5.01. The van der Waals surface area contributed by atoms with Crippen molar-refractivity contribution in [1.29, 1.82) is 0 Å². The zero-order valence-electron chi connectivity index (χ0n) is 4.19. The Kier molecular flexibility index (Phi) is 5.17. The quantitative estimate of drug-likeness (QED) is 0.513. The Balaban J connectivity index is 2.66. The maximum atomic E-state index is 2.99. The summed E-state index contributed by atoms with van der Waals surface area (Å²) in [5.74, 6) is 1.13. The van der Waals surface area contributed by atoms with E-state index in [9.17, 15) is 0 Å². The fraction of sp³-hybridized carbons (Fsp3) is 0.600. The molecule has 6 heavy (non-hydrogen) atoms. The van der Waals surface area contributed by atoms with E-state index in [0.717, 1.165) is 5.75 Å². The number of hydrogen-bond donors (Lipinski definition) is 0. The predicted molar refractivity (Wildman–Crippen MR) is 31.6 cm³/mol. The molecule has 0 amide bonds. The lowest BCUT2D eigenvalue weighted by atomic mass is 10.8. The van der Waals surface area contributed by atoms with E-state index in [-0.39, 0.29) is 0 Å². The molecule has 0 aliphatic rings. The summed E-state index contributed by atoms with van der Waals surface area (Å²) >= 11 is 1.70. The molecule has 0 aromatic carbocycles. The average molecular weight is 101 g/mol. The van der Waals surface area contributed by atoms with Gasteiger partial charge in [0.2, 0.25) is 0 Å². The minimum absolute atomic E-state index is 1.13. The second kappa shape index (κ2) is 5.09. The van der Waals surface area contributed by atoms with Gasteiger partial charge < -0.3 is 0 Å². The van der Waals surface area contributed by atoms with Crippen LogP contribution in [0.1, 0.15) is 13.8 Å². The molecule has 0 fully saturated rings. The summed E-state index contributed by atoms with van der Waals surface area (Å²) in [4.78, 5) is 0. The van der Waals surface area contributed by atoms with Crippen molar-refractivity contribution in [2.45, 2.75) is 13.8 Å². The molecule has 0 bridgehead atoms. The van der Waals surface area contributed by atoms with Crippen LogP contribution in [0.2, 0.25) is 0 Å². The van der Waals surface area contributed by atoms with Crippen LogP contribution >= 0.6 is 11.8 Å². The lowest BCUT2D eigenvalue weighted by Crippen LogP contribution is -1.54. The Hall–Kier alpha value is 0.0900. The predicted octanol–water partition coefficient (Wildman–Crippen LogP) is 2.08. The standard InChI is InChI=1S/C5H9S/c1-3-5-6-4-2/h3H,4H2,1-2H3. The van der Waals surface area contributed by atoms with Gasteiger partial charge in [-0.25, -0.2) is 0 Å². The van der Waals surface area contributed by atoms with Gasteiger partial charge in [-0.3, -0.25) is 0 Å². The molecule has 0 atom stereocenters. The molecule has 0 N–H and O–H groups in total. The lowest BCUT2D eigenvalue weighted by Gasteiger charge is -1.75. The Labute approximate surface area is 43.6 Å². The average Bonchev–Trinajstić information content (AvgIpc) is 1.61. The topological polar surface area (TPSA) is 0 Å². The van der Waals surface area contributed by atoms with Gasteiger partial charge in [-0.15, -0.1) is 11.8 Å². The van der Waals surface area contributed by atoms with Crippen molar-refractivity contribution in [3.05, 3.63) is 11.5 Å². The van der Waals surface area contributed by atoms with Gasteiger partial charge in [0.05, 0.1) is 0 Å². The summed E-state index contributed by atoms with van der Waals surface area (Å²) in [7, 11) is 0. The highest BCUT2D eigenvalue weighted by Crippen LogP contribution is 1.95. The molecular weight excluding hydrogens is 92.1 g/mol. The van der Waals surface area contributed by atoms with E-state index in [1.54, 1.807) is 11.8 Å². The van der Waals surface area contributed by atoms with Crippen LogP contribution in [0, 0.1) is 5.41 Å². The molecule has 0 aromatic heterocycles. The first kappa shape index (κ1) is 6.09. The van der Waals surface area contributed by atoms with Crippen molar-refractivity contribution in [2.24, 2.45) is 0 Å². The van der Waals surface area contributed by atoms with Gasteiger partial charge in [0, 0.05) is 5.41 Å². The van der Waals surface area contributed by atoms with Crippen LogP contribution < -0.4 is 0 Å². The Bertz CT molecular complexity index is 39.2. The minimum atomic E-state index is 1.13. The highest BCUT2D eigenvalue weighted by Gasteiger charge is 1.65. The number of rotatable bonds is 2. The molecule has 0 saturated heterocycles. The van der Waals surface area contributed by atoms with Crippen molar-refractivity contribution in [3.63, 3.8) is 0 Å². The molecule has 0 aliphatic heterocycles. The molecule has 0 spiro atoms. The third-order valence-corrected chi connectivity index (χ3v) is 1.04. The number of thioether (sulfide) groups is 1.